The van der Waals surface area contributed by atoms with Crippen molar-refractivity contribution in [3.63, 3.8) is 0 Å². The Kier molecular flexibility index (Phi) is 3.89. The van der Waals surface area contributed by atoms with Gasteiger partial charge in [-0.05, 0) is 36.0 Å². The number of esters is 1. The predicted octanol–water partition coefficient (Wildman–Crippen LogP) is 2.82. The van der Waals surface area contributed by atoms with Gasteiger partial charge in [-0.3, -0.25) is 4.79 Å². The zero-order valence-corrected chi connectivity index (χ0v) is 14.3. The SMILES string of the molecule is COC(=O)[C@]12CCc3ccccc3[C@@]1(c1ccccc1)OC(CO)C2. The Bertz CT molecular complexity index is 787. The van der Waals surface area contributed by atoms with Crippen molar-refractivity contribution in [2.75, 3.05) is 13.7 Å². The van der Waals surface area contributed by atoms with Gasteiger partial charge < -0.3 is 14.6 Å². The number of benzene rings is 2. The van der Waals surface area contributed by atoms with Gasteiger partial charge in [-0.2, -0.15) is 0 Å². The molecule has 25 heavy (non-hydrogen) atoms. The lowest BCUT2D eigenvalue weighted by molar-refractivity contribution is -0.166. The third kappa shape index (κ3) is 2.11. The number of aliphatic hydroxyl groups is 1. The summed E-state index contributed by atoms with van der Waals surface area (Å²) in [7, 11) is 1.43. The normalized spacial score (nSPS) is 30.4. The van der Waals surface area contributed by atoms with Crippen LogP contribution in [0.2, 0.25) is 0 Å². The molecule has 0 bridgehead atoms. The van der Waals surface area contributed by atoms with Crippen LogP contribution in [0, 0.1) is 5.41 Å². The number of hydrogen-bond acceptors (Lipinski definition) is 4. The largest absolute Gasteiger partial charge is 0.468 e. The molecule has 3 atom stereocenters. The summed E-state index contributed by atoms with van der Waals surface area (Å²) in [6.45, 7) is -0.116. The van der Waals surface area contributed by atoms with Crippen LogP contribution < -0.4 is 0 Å². The van der Waals surface area contributed by atoms with Crippen LogP contribution in [0.5, 0.6) is 0 Å². The number of rotatable bonds is 3. The molecule has 1 aliphatic carbocycles. The van der Waals surface area contributed by atoms with Gasteiger partial charge in [0.2, 0.25) is 0 Å². The lowest BCUT2D eigenvalue weighted by Gasteiger charge is -2.47. The van der Waals surface area contributed by atoms with E-state index in [-0.39, 0.29) is 12.6 Å². The molecule has 2 aliphatic rings. The van der Waals surface area contributed by atoms with Gasteiger partial charge in [0.25, 0.3) is 0 Å². The van der Waals surface area contributed by atoms with Crippen LogP contribution in [0.3, 0.4) is 0 Å². The first-order chi connectivity index (χ1) is 12.2. The summed E-state index contributed by atoms with van der Waals surface area (Å²) >= 11 is 0. The molecule has 0 aromatic heterocycles. The minimum absolute atomic E-state index is 0.116. The van der Waals surface area contributed by atoms with Gasteiger partial charge in [0.1, 0.15) is 11.0 Å². The molecule has 0 saturated carbocycles. The van der Waals surface area contributed by atoms with Crippen LogP contribution >= 0.6 is 0 Å². The molecule has 1 aliphatic heterocycles. The van der Waals surface area contributed by atoms with Gasteiger partial charge in [-0.15, -0.1) is 0 Å². The summed E-state index contributed by atoms with van der Waals surface area (Å²) in [5, 5.41) is 9.81. The average Bonchev–Trinajstić information content (AvgIpc) is 3.05. The second-order valence-electron chi connectivity index (χ2n) is 6.90. The van der Waals surface area contributed by atoms with Crippen LogP contribution in [0.25, 0.3) is 0 Å². The third-order valence-electron chi connectivity index (χ3n) is 5.77. The summed E-state index contributed by atoms with van der Waals surface area (Å²) < 4.78 is 11.7. The van der Waals surface area contributed by atoms with Crippen molar-refractivity contribution in [2.45, 2.75) is 31.0 Å². The first-order valence-corrected chi connectivity index (χ1v) is 8.69. The fraction of sp³-hybridized carbons (Fsp3) is 0.381. The second kappa shape index (κ2) is 5.97. The number of aliphatic hydroxyl groups excluding tert-OH is 1. The monoisotopic (exact) mass is 338 g/mol. The van der Waals surface area contributed by atoms with Crippen LogP contribution in [-0.4, -0.2) is 30.9 Å². The maximum atomic E-state index is 13.0. The van der Waals surface area contributed by atoms with Gasteiger partial charge in [0.05, 0.1) is 19.8 Å². The fourth-order valence-corrected chi connectivity index (χ4v) is 4.77. The minimum atomic E-state index is -0.927. The molecule has 2 aromatic rings. The maximum Gasteiger partial charge on any atom is 0.315 e. The molecular weight excluding hydrogens is 316 g/mol. The number of methoxy groups -OCH3 is 1. The number of ether oxygens (including phenoxy) is 2. The second-order valence-corrected chi connectivity index (χ2v) is 6.90. The van der Waals surface area contributed by atoms with Gasteiger partial charge >= 0.3 is 5.97 Å². The highest BCUT2D eigenvalue weighted by molar-refractivity contribution is 5.81. The Morgan fingerprint density at radius 2 is 1.92 bits per heavy atom. The molecule has 4 nitrogen and oxygen atoms in total. The molecule has 1 saturated heterocycles. The topological polar surface area (TPSA) is 55.8 Å². The summed E-state index contributed by atoms with van der Waals surface area (Å²) in [6, 6.07) is 18.0. The van der Waals surface area contributed by atoms with Crippen molar-refractivity contribution in [3.8, 4) is 0 Å². The smallest absolute Gasteiger partial charge is 0.315 e. The minimum Gasteiger partial charge on any atom is -0.468 e. The number of carbonyl (C=O) groups is 1. The first kappa shape index (κ1) is 16.3. The molecule has 1 fully saturated rings. The van der Waals surface area contributed by atoms with Gasteiger partial charge in [0.15, 0.2) is 0 Å². The molecule has 0 spiro atoms. The molecule has 0 radical (unpaired) electrons. The fourth-order valence-electron chi connectivity index (χ4n) is 4.77. The van der Waals surface area contributed by atoms with Crippen molar-refractivity contribution < 1.29 is 19.4 Å². The maximum absolute atomic E-state index is 13.0. The summed E-state index contributed by atoms with van der Waals surface area (Å²) in [5.41, 5.74) is 1.37. The highest BCUT2D eigenvalue weighted by atomic mass is 16.6. The highest BCUT2D eigenvalue weighted by Gasteiger charge is 2.67. The van der Waals surface area contributed by atoms with Crippen LogP contribution in [-0.2, 0) is 26.3 Å². The number of hydrogen-bond donors (Lipinski definition) is 1. The molecule has 130 valence electrons. The van der Waals surface area contributed by atoms with Crippen molar-refractivity contribution in [3.05, 3.63) is 71.3 Å². The lowest BCUT2D eigenvalue weighted by atomic mass is 9.58. The standard InChI is InChI=1S/C21H22O4/c1-24-19(23)20-12-11-15-7-5-6-10-18(15)21(20,25-17(13-20)14-22)16-8-3-2-4-9-16/h2-10,17,22H,11-14H2,1H3/t17?,20-,21-/m1/s1. The number of fused-ring (bicyclic) bond motifs is 3. The van der Waals surface area contributed by atoms with E-state index in [1.165, 1.54) is 12.7 Å². The van der Waals surface area contributed by atoms with E-state index >= 15 is 0 Å². The molecule has 1 unspecified atom stereocenters. The van der Waals surface area contributed by atoms with E-state index in [1.54, 1.807) is 0 Å². The quantitative estimate of drug-likeness (QED) is 0.875. The zero-order chi connectivity index (χ0) is 17.5. The van der Waals surface area contributed by atoms with Crippen molar-refractivity contribution in [1.82, 2.24) is 0 Å². The Balaban J connectivity index is 2.04. The lowest BCUT2D eigenvalue weighted by Crippen LogP contribution is -2.52. The van der Waals surface area contributed by atoms with Crippen molar-refractivity contribution in [1.29, 1.82) is 0 Å². The van der Waals surface area contributed by atoms with Crippen molar-refractivity contribution in [2.24, 2.45) is 5.41 Å². The van der Waals surface area contributed by atoms with E-state index in [2.05, 4.69) is 6.07 Å². The van der Waals surface area contributed by atoms with E-state index in [0.717, 1.165) is 17.5 Å². The molecule has 2 aromatic carbocycles. The van der Waals surface area contributed by atoms with E-state index in [0.29, 0.717) is 12.8 Å². The first-order valence-electron chi connectivity index (χ1n) is 8.69. The van der Waals surface area contributed by atoms with E-state index < -0.39 is 17.1 Å². The Morgan fingerprint density at radius 1 is 1.20 bits per heavy atom. The summed E-state index contributed by atoms with van der Waals surface area (Å²) in [4.78, 5) is 13.0. The summed E-state index contributed by atoms with van der Waals surface area (Å²) in [6.07, 6.45) is 1.49. The van der Waals surface area contributed by atoms with E-state index in [9.17, 15) is 9.90 Å². The zero-order valence-electron chi connectivity index (χ0n) is 14.3. The van der Waals surface area contributed by atoms with Gasteiger partial charge in [0, 0.05) is 0 Å². The van der Waals surface area contributed by atoms with Crippen molar-refractivity contribution >= 4 is 5.97 Å². The van der Waals surface area contributed by atoms with Gasteiger partial charge in [-0.1, -0.05) is 54.6 Å². The molecule has 1 N–H and O–H groups in total. The third-order valence-corrected chi connectivity index (χ3v) is 5.77. The number of carbonyl (C=O) groups excluding carboxylic acids is 1. The van der Waals surface area contributed by atoms with Crippen LogP contribution in [0.15, 0.2) is 54.6 Å². The summed E-state index contributed by atoms with van der Waals surface area (Å²) in [5.74, 6) is -0.262. The Morgan fingerprint density at radius 3 is 2.64 bits per heavy atom. The van der Waals surface area contributed by atoms with Crippen LogP contribution in [0.4, 0.5) is 0 Å². The molecular formula is C21H22O4. The molecule has 4 heteroatoms. The van der Waals surface area contributed by atoms with Gasteiger partial charge in [-0.25, -0.2) is 0 Å². The highest BCUT2D eigenvalue weighted by Crippen LogP contribution is 2.62. The Labute approximate surface area is 147 Å². The molecule has 1 heterocycles. The van der Waals surface area contributed by atoms with Crippen LogP contribution in [0.1, 0.15) is 29.5 Å². The Hall–Kier alpha value is -2.17. The van der Waals surface area contributed by atoms with E-state index in [4.69, 9.17) is 9.47 Å². The average molecular weight is 338 g/mol. The molecule has 4 rings (SSSR count). The number of aryl methyl sites for hydroxylation is 1. The molecule has 0 amide bonds. The van der Waals surface area contributed by atoms with E-state index in [1.807, 2.05) is 48.5 Å². The predicted molar refractivity (Wildman–Crippen MR) is 93.0 cm³/mol.